The number of nitrogens with two attached hydrogens (primary N) is 1. The fourth-order valence-electron chi connectivity index (χ4n) is 2.53. The van der Waals surface area contributed by atoms with Crippen molar-refractivity contribution in [1.82, 2.24) is 10.2 Å². The van der Waals surface area contributed by atoms with Gasteiger partial charge in [0.1, 0.15) is 6.04 Å². The van der Waals surface area contributed by atoms with Crippen LogP contribution in [0, 0.1) is 0 Å². The number of likely N-dealkylation sites (tertiary alicyclic amines) is 1. The molecular weight excluding hydrogens is 350 g/mol. The molecular formula is C15H18BrN3O3. The van der Waals surface area contributed by atoms with E-state index in [0.29, 0.717) is 23.0 Å². The third-order valence-electron chi connectivity index (χ3n) is 3.64. The minimum atomic E-state index is -0.508. The third-order valence-corrected chi connectivity index (χ3v) is 4.34. The van der Waals surface area contributed by atoms with Crippen LogP contribution in [0.15, 0.2) is 28.7 Å². The van der Waals surface area contributed by atoms with E-state index in [9.17, 15) is 14.4 Å². The predicted octanol–water partition coefficient (Wildman–Crippen LogP) is 1.05. The summed E-state index contributed by atoms with van der Waals surface area (Å²) in [5, 5.41) is 2.71. The summed E-state index contributed by atoms with van der Waals surface area (Å²) >= 11 is 3.31. The molecule has 0 saturated carbocycles. The highest BCUT2D eigenvalue weighted by Gasteiger charge is 2.32. The van der Waals surface area contributed by atoms with Gasteiger partial charge in [-0.15, -0.1) is 0 Å². The zero-order valence-corrected chi connectivity index (χ0v) is 13.6. The van der Waals surface area contributed by atoms with E-state index in [1.807, 2.05) is 6.07 Å². The van der Waals surface area contributed by atoms with Crippen LogP contribution in [0.5, 0.6) is 0 Å². The Kier molecular flexibility index (Phi) is 5.54. The summed E-state index contributed by atoms with van der Waals surface area (Å²) in [7, 11) is 0. The molecule has 2 rings (SSSR count). The molecule has 0 aromatic heterocycles. The quantitative estimate of drug-likeness (QED) is 0.814. The van der Waals surface area contributed by atoms with Crippen molar-refractivity contribution in [2.75, 3.05) is 13.1 Å². The molecule has 1 fully saturated rings. The number of hydrogen-bond acceptors (Lipinski definition) is 3. The van der Waals surface area contributed by atoms with Gasteiger partial charge in [-0.2, -0.15) is 0 Å². The molecule has 7 heteroatoms. The van der Waals surface area contributed by atoms with Crippen molar-refractivity contribution >= 4 is 33.7 Å². The minimum Gasteiger partial charge on any atom is -0.368 e. The van der Waals surface area contributed by atoms with Gasteiger partial charge < -0.3 is 16.0 Å². The molecule has 1 heterocycles. The van der Waals surface area contributed by atoms with E-state index >= 15 is 0 Å². The highest BCUT2D eigenvalue weighted by Crippen LogP contribution is 2.18. The van der Waals surface area contributed by atoms with Crippen molar-refractivity contribution in [3.05, 3.63) is 34.3 Å². The van der Waals surface area contributed by atoms with E-state index in [4.69, 9.17) is 5.73 Å². The molecule has 22 heavy (non-hydrogen) atoms. The van der Waals surface area contributed by atoms with E-state index in [-0.39, 0.29) is 24.8 Å². The SMILES string of the molecule is NC(=O)C1CCCN1C(=O)CCNC(=O)c1ccccc1Br. The Balaban J connectivity index is 1.83. The first kappa shape index (κ1) is 16.5. The molecule has 0 radical (unpaired) electrons. The van der Waals surface area contributed by atoms with Crippen LogP contribution in [0.4, 0.5) is 0 Å². The van der Waals surface area contributed by atoms with Crippen LogP contribution in [0.1, 0.15) is 29.6 Å². The second-order valence-electron chi connectivity index (χ2n) is 5.13. The molecule has 6 nitrogen and oxygen atoms in total. The lowest BCUT2D eigenvalue weighted by molar-refractivity contribution is -0.137. The van der Waals surface area contributed by atoms with Gasteiger partial charge in [-0.1, -0.05) is 12.1 Å². The van der Waals surface area contributed by atoms with Crippen LogP contribution < -0.4 is 11.1 Å². The zero-order valence-electron chi connectivity index (χ0n) is 12.0. The monoisotopic (exact) mass is 367 g/mol. The van der Waals surface area contributed by atoms with Gasteiger partial charge in [0.15, 0.2) is 0 Å². The molecule has 1 aliphatic rings. The summed E-state index contributed by atoms with van der Waals surface area (Å²) in [5.41, 5.74) is 5.81. The number of carbonyl (C=O) groups is 3. The second-order valence-corrected chi connectivity index (χ2v) is 5.99. The van der Waals surface area contributed by atoms with E-state index < -0.39 is 11.9 Å². The number of benzene rings is 1. The molecule has 1 aromatic rings. The van der Waals surface area contributed by atoms with Crippen molar-refractivity contribution in [2.24, 2.45) is 5.73 Å². The molecule has 1 aliphatic heterocycles. The molecule has 0 bridgehead atoms. The predicted molar refractivity (Wildman–Crippen MR) is 85.0 cm³/mol. The van der Waals surface area contributed by atoms with Crippen LogP contribution in [0.3, 0.4) is 0 Å². The van der Waals surface area contributed by atoms with E-state index in [0.717, 1.165) is 6.42 Å². The van der Waals surface area contributed by atoms with Crippen LogP contribution in [0.2, 0.25) is 0 Å². The molecule has 3 N–H and O–H groups in total. The molecule has 3 amide bonds. The molecule has 1 unspecified atom stereocenters. The number of rotatable bonds is 5. The number of nitrogens with one attached hydrogen (secondary N) is 1. The number of primary amides is 1. The van der Waals surface area contributed by atoms with Crippen molar-refractivity contribution in [3.63, 3.8) is 0 Å². The lowest BCUT2D eigenvalue weighted by Gasteiger charge is -2.22. The van der Waals surface area contributed by atoms with E-state index in [1.165, 1.54) is 4.90 Å². The third kappa shape index (κ3) is 3.85. The van der Waals surface area contributed by atoms with Gasteiger partial charge in [0.25, 0.3) is 5.91 Å². The standard InChI is InChI=1S/C15H18BrN3O3/c16-11-5-2-1-4-10(11)15(22)18-8-7-13(20)19-9-3-6-12(19)14(17)21/h1-2,4-5,12H,3,6-9H2,(H2,17,21)(H,18,22). The average Bonchev–Trinajstić information content (AvgIpc) is 2.97. The van der Waals surface area contributed by atoms with Crippen molar-refractivity contribution in [1.29, 1.82) is 0 Å². The Morgan fingerprint density at radius 1 is 1.32 bits per heavy atom. The van der Waals surface area contributed by atoms with Gasteiger partial charge in [-0.3, -0.25) is 14.4 Å². The number of amides is 3. The van der Waals surface area contributed by atoms with Crippen molar-refractivity contribution in [3.8, 4) is 0 Å². The molecule has 118 valence electrons. The Bertz CT molecular complexity index is 591. The zero-order chi connectivity index (χ0) is 16.1. The maximum absolute atomic E-state index is 12.1. The van der Waals surface area contributed by atoms with Crippen LogP contribution >= 0.6 is 15.9 Å². The fraction of sp³-hybridized carbons (Fsp3) is 0.400. The first-order chi connectivity index (χ1) is 10.5. The maximum atomic E-state index is 12.1. The van der Waals surface area contributed by atoms with Gasteiger partial charge >= 0.3 is 0 Å². The van der Waals surface area contributed by atoms with E-state index in [2.05, 4.69) is 21.2 Å². The first-order valence-electron chi connectivity index (χ1n) is 7.12. The smallest absolute Gasteiger partial charge is 0.252 e. The summed E-state index contributed by atoms with van der Waals surface area (Å²) in [4.78, 5) is 36.9. The highest BCUT2D eigenvalue weighted by molar-refractivity contribution is 9.10. The van der Waals surface area contributed by atoms with Crippen LogP contribution in [-0.4, -0.2) is 41.8 Å². The Morgan fingerprint density at radius 2 is 2.05 bits per heavy atom. The largest absolute Gasteiger partial charge is 0.368 e. The number of halogens is 1. The summed E-state index contributed by atoms with van der Waals surface area (Å²) < 4.78 is 0.701. The van der Waals surface area contributed by atoms with Crippen LogP contribution in [-0.2, 0) is 9.59 Å². The molecule has 1 atom stereocenters. The van der Waals surface area contributed by atoms with Crippen LogP contribution in [0.25, 0.3) is 0 Å². The number of nitrogens with zero attached hydrogens (tertiary/aromatic N) is 1. The van der Waals surface area contributed by atoms with Gasteiger partial charge in [0.2, 0.25) is 11.8 Å². The Labute approximate surface area is 137 Å². The average molecular weight is 368 g/mol. The van der Waals surface area contributed by atoms with Gasteiger partial charge in [-0.25, -0.2) is 0 Å². The Hall–Kier alpha value is -1.89. The number of hydrogen-bond donors (Lipinski definition) is 2. The van der Waals surface area contributed by atoms with Crippen molar-refractivity contribution < 1.29 is 14.4 Å². The highest BCUT2D eigenvalue weighted by atomic mass is 79.9. The Morgan fingerprint density at radius 3 is 2.73 bits per heavy atom. The first-order valence-corrected chi connectivity index (χ1v) is 7.91. The van der Waals surface area contributed by atoms with Crippen molar-refractivity contribution in [2.45, 2.75) is 25.3 Å². The maximum Gasteiger partial charge on any atom is 0.252 e. The lowest BCUT2D eigenvalue weighted by Crippen LogP contribution is -2.44. The van der Waals surface area contributed by atoms with Gasteiger partial charge in [0.05, 0.1) is 5.56 Å². The number of carbonyl (C=O) groups excluding carboxylic acids is 3. The van der Waals surface area contributed by atoms with Gasteiger partial charge in [-0.05, 0) is 40.9 Å². The second kappa shape index (κ2) is 7.40. The molecule has 1 aromatic carbocycles. The summed E-state index contributed by atoms with van der Waals surface area (Å²) in [6.45, 7) is 0.769. The van der Waals surface area contributed by atoms with E-state index in [1.54, 1.807) is 18.2 Å². The minimum absolute atomic E-state index is 0.153. The summed E-state index contributed by atoms with van der Waals surface area (Å²) in [5.74, 6) is -0.870. The topological polar surface area (TPSA) is 92.5 Å². The normalized spacial score (nSPS) is 17.3. The fourth-order valence-corrected chi connectivity index (χ4v) is 2.99. The lowest BCUT2D eigenvalue weighted by atomic mass is 10.2. The molecule has 0 aliphatic carbocycles. The molecule has 1 saturated heterocycles. The molecule has 0 spiro atoms. The summed E-state index contributed by atoms with van der Waals surface area (Å²) in [6, 6.07) is 6.56. The van der Waals surface area contributed by atoms with Gasteiger partial charge in [0, 0.05) is 24.0 Å². The summed E-state index contributed by atoms with van der Waals surface area (Å²) in [6.07, 6.45) is 1.55.